The highest BCUT2D eigenvalue weighted by Crippen LogP contribution is 2.38. The first-order chi connectivity index (χ1) is 24.4. The number of carbonyl (C=O) groups is 2. The van der Waals surface area contributed by atoms with Gasteiger partial charge in [0.1, 0.15) is 0 Å². The number of hydrogen-bond donors (Lipinski definition) is 4. The number of carbonyl (C=O) groups excluding carboxylic acids is 2. The normalized spacial score (nSPS) is 19.5. The highest BCUT2D eigenvalue weighted by molar-refractivity contribution is 5.94. The fraction of sp³-hybridized carbons (Fsp3) is 0.368. The molecule has 0 spiro atoms. The number of para-hydroxylation sites is 2. The Morgan fingerprint density at radius 3 is 2.14 bits per heavy atom. The number of aliphatic hydroxyl groups excluding tert-OH is 1. The van der Waals surface area contributed by atoms with E-state index in [0.717, 1.165) is 55.4 Å². The summed E-state index contributed by atoms with van der Waals surface area (Å²) in [5.41, 5.74) is 10.4. The molecular weight excluding hydrogens is 634 g/mol. The minimum atomic E-state index is -0.586. The number of unbranched alkanes of at least 4 members (excludes halogenated alkanes) is 1. The summed E-state index contributed by atoms with van der Waals surface area (Å²) in [7, 11) is 0. The van der Waals surface area contributed by atoms with E-state index >= 15 is 0 Å². The van der Waals surface area contributed by atoms with Crippen molar-refractivity contribution in [2.45, 2.75) is 57.2 Å². The molecule has 2 saturated heterocycles. The number of anilines is 4. The highest BCUT2D eigenvalue weighted by atomic mass is 16.7. The average Bonchev–Trinajstić information content (AvgIpc) is 3.15. The first-order valence-corrected chi connectivity index (χ1v) is 17.2. The smallest absolute Gasteiger partial charge is 0.225 e. The third kappa shape index (κ3) is 9.63. The summed E-state index contributed by atoms with van der Waals surface area (Å²) in [6.07, 6.45) is 5.20. The van der Waals surface area contributed by atoms with Crippen LogP contribution in [0.15, 0.2) is 91.3 Å². The first-order valence-electron chi connectivity index (χ1n) is 17.2. The van der Waals surface area contributed by atoms with Gasteiger partial charge in [0.25, 0.3) is 0 Å². The number of piperazine rings is 1. The first kappa shape index (κ1) is 35.0. The zero-order valence-corrected chi connectivity index (χ0v) is 28.1. The zero-order chi connectivity index (χ0) is 34.7. The molecule has 0 unspecified atom stereocenters. The van der Waals surface area contributed by atoms with Crippen molar-refractivity contribution in [3.63, 3.8) is 0 Å². The van der Waals surface area contributed by atoms with Crippen LogP contribution in [0.25, 0.3) is 0 Å². The molecule has 0 saturated carbocycles. The van der Waals surface area contributed by atoms with E-state index in [1.54, 1.807) is 24.5 Å². The quantitative estimate of drug-likeness (QED) is 0.111. The second-order valence-electron chi connectivity index (χ2n) is 12.7. The molecule has 12 heteroatoms. The number of ether oxygens (including phenoxy) is 2. The standard InChI is InChI=1S/C38H45N7O5/c39-32-6-1-2-7-33(32)43-36(48)9-4-3-8-35(47)42-30-16-14-29(15-17-30)37-49-31(24-34(50-37)28-12-10-27(26-46)11-13-28)25-44-20-22-45(23-21-44)38-40-18-5-19-41-38/h1-2,5-7,10-19,31,34,37,46H,3-4,8-9,20-26,39H2,(H,42,47)(H,43,48)/t31-,34+,37+/m1/s1. The van der Waals surface area contributed by atoms with E-state index in [4.69, 9.17) is 15.2 Å². The number of nitrogens with two attached hydrogens (primary N) is 1. The lowest BCUT2D eigenvalue weighted by Gasteiger charge is -2.40. The molecule has 0 radical (unpaired) electrons. The monoisotopic (exact) mass is 679 g/mol. The van der Waals surface area contributed by atoms with Crippen LogP contribution in [-0.2, 0) is 25.7 Å². The molecule has 3 atom stereocenters. The van der Waals surface area contributed by atoms with Crippen molar-refractivity contribution in [1.29, 1.82) is 0 Å². The number of nitrogen functional groups attached to an aromatic ring is 1. The van der Waals surface area contributed by atoms with Crippen LogP contribution in [0.4, 0.5) is 23.0 Å². The molecule has 0 aliphatic carbocycles. The van der Waals surface area contributed by atoms with Gasteiger partial charge in [0.2, 0.25) is 17.8 Å². The number of rotatable bonds is 13. The average molecular weight is 680 g/mol. The predicted molar refractivity (Wildman–Crippen MR) is 192 cm³/mol. The summed E-state index contributed by atoms with van der Waals surface area (Å²) in [5, 5.41) is 15.3. The maximum atomic E-state index is 12.7. The largest absolute Gasteiger partial charge is 0.397 e. The molecular formula is C38H45N7O5. The Balaban J connectivity index is 1.01. The molecule has 2 amide bonds. The van der Waals surface area contributed by atoms with Gasteiger partial charge in [-0.2, -0.15) is 0 Å². The molecule has 3 aromatic carbocycles. The van der Waals surface area contributed by atoms with Gasteiger partial charge in [0, 0.05) is 75.6 Å². The zero-order valence-electron chi connectivity index (χ0n) is 28.1. The fourth-order valence-electron chi connectivity index (χ4n) is 6.25. The Morgan fingerprint density at radius 2 is 1.46 bits per heavy atom. The number of benzene rings is 3. The van der Waals surface area contributed by atoms with Crippen LogP contribution in [0.2, 0.25) is 0 Å². The second kappa shape index (κ2) is 17.2. The van der Waals surface area contributed by atoms with Crippen molar-refractivity contribution in [3.05, 3.63) is 108 Å². The predicted octanol–water partition coefficient (Wildman–Crippen LogP) is 5.06. The molecule has 2 fully saturated rings. The number of hydrogen-bond acceptors (Lipinski definition) is 10. The van der Waals surface area contributed by atoms with Crippen LogP contribution >= 0.6 is 0 Å². The Labute approximate surface area is 292 Å². The summed E-state index contributed by atoms with van der Waals surface area (Å²) in [4.78, 5) is 38.3. The van der Waals surface area contributed by atoms with E-state index < -0.39 is 6.29 Å². The van der Waals surface area contributed by atoms with E-state index in [0.29, 0.717) is 49.2 Å². The molecule has 262 valence electrons. The number of aliphatic hydroxyl groups is 1. The molecule has 12 nitrogen and oxygen atoms in total. The molecule has 50 heavy (non-hydrogen) atoms. The van der Waals surface area contributed by atoms with Crippen molar-refractivity contribution in [2.75, 3.05) is 54.0 Å². The number of nitrogens with one attached hydrogen (secondary N) is 2. The van der Waals surface area contributed by atoms with E-state index in [2.05, 4.69) is 30.4 Å². The van der Waals surface area contributed by atoms with Gasteiger partial charge in [0.15, 0.2) is 6.29 Å². The van der Waals surface area contributed by atoms with Gasteiger partial charge in [-0.05, 0) is 54.3 Å². The summed E-state index contributed by atoms with van der Waals surface area (Å²) in [6, 6.07) is 24.4. The van der Waals surface area contributed by atoms with Gasteiger partial charge in [-0.3, -0.25) is 14.5 Å². The summed E-state index contributed by atoms with van der Waals surface area (Å²) in [5.74, 6) is 0.523. The van der Waals surface area contributed by atoms with E-state index in [1.165, 1.54) is 0 Å². The topological polar surface area (TPSA) is 155 Å². The van der Waals surface area contributed by atoms with Gasteiger partial charge in [0.05, 0.1) is 30.2 Å². The van der Waals surface area contributed by atoms with Gasteiger partial charge in [-0.15, -0.1) is 0 Å². The number of nitrogens with zero attached hydrogens (tertiary/aromatic N) is 4. The number of aromatic nitrogens is 2. The van der Waals surface area contributed by atoms with Gasteiger partial charge >= 0.3 is 0 Å². The van der Waals surface area contributed by atoms with Gasteiger partial charge < -0.3 is 35.8 Å². The number of amides is 2. The van der Waals surface area contributed by atoms with Crippen LogP contribution in [-0.4, -0.2) is 70.6 Å². The van der Waals surface area contributed by atoms with Gasteiger partial charge in [-0.1, -0.05) is 48.5 Å². The van der Waals surface area contributed by atoms with Crippen molar-refractivity contribution >= 4 is 34.8 Å². The van der Waals surface area contributed by atoms with Crippen molar-refractivity contribution < 1.29 is 24.2 Å². The van der Waals surface area contributed by atoms with Crippen molar-refractivity contribution in [2.24, 2.45) is 0 Å². The molecule has 2 aliphatic rings. The van der Waals surface area contributed by atoms with Crippen LogP contribution in [0.1, 0.15) is 61.2 Å². The Morgan fingerprint density at radius 1 is 0.800 bits per heavy atom. The maximum Gasteiger partial charge on any atom is 0.225 e. The molecule has 1 aromatic heterocycles. The molecule has 3 heterocycles. The van der Waals surface area contributed by atoms with Crippen molar-refractivity contribution in [3.8, 4) is 0 Å². The summed E-state index contributed by atoms with van der Waals surface area (Å²) < 4.78 is 13.1. The lowest BCUT2D eigenvalue weighted by atomic mass is 9.99. The van der Waals surface area contributed by atoms with Crippen molar-refractivity contribution in [1.82, 2.24) is 14.9 Å². The maximum absolute atomic E-state index is 12.7. The Bertz CT molecular complexity index is 1680. The summed E-state index contributed by atoms with van der Waals surface area (Å²) in [6.45, 7) is 4.20. The SMILES string of the molecule is Nc1ccccc1NC(=O)CCCCC(=O)Nc1ccc([C@H]2O[C@@H](CN3CCN(c4ncccn4)CC3)C[C@@H](c3ccc(CO)cc3)O2)cc1. The molecule has 0 bridgehead atoms. The van der Waals surface area contributed by atoms with Crippen LogP contribution in [0.3, 0.4) is 0 Å². The van der Waals surface area contributed by atoms with E-state index in [9.17, 15) is 14.7 Å². The third-order valence-corrected chi connectivity index (χ3v) is 9.04. The fourth-order valence-corrected chi connectivity index (χ4v) is 6.25. The van der Waals surface area contributed by atoms with Gasteiger partial charge in [-0.25, -0.2) is 9.97 Å². The molecule has 2 aliphatic heterocycles. The summed E-state index contributed by atoms with van der Waals surface area (Å²) >= 11 is 0. The molecule has 4 aromatic rings. The lowest BCUT2D eigenvalue weighted by Crippen LogP contribution is -2.50. The van der Waals surface area contributed by atoms with Crippen LogP contribution in [0, 0.1) is 0 Å². The second-order valence-corrected chi connectivity index (χ2v) is 12.7. The van der Waals surface area contributed by atoms with E-state index in [-0.39, 0.29) is 30.6 Å². The third-order valence-electron chi connectivity index (χ3n) is 9.04. The van der Waals surface area contributed by atoms with Crippen LogP contribution in [0.5, 0.6) is 0 Å². The molecule has 6 rings (SSSR count). The highest BCUT2D eigenvalue weighted by Gasteiger charge is 2.34. The van der Waals surface area contributed by atoms with Crippen LogP contribution < -0.4 is 21.3 Å². The Hall–Kier alpha value is -4.88. The van der Waals surface area contributed by atoms with E-state index in [1.807, 2.05) is 66.7 Å². The molecule has 5 N–H and O–H groups in total. The lowest BCUT2D eigenvalue weighted by molar-refractivity contribution is -0.253. The minimum Gasteiger partial charge on any atom is -0.397 e. The minimum absolute atomic E-state index is 0.00904. The Kier molecular flexibility index (Phi) is 12.0.